The monoisotopic (exact) mass is 443 g/mol. The number of rotatable bonds is 10. The van der Waals surface area contributed by atoms with E-state index in [1.54, 1.807) is 0 Å². The van der Waals surface area contributed by atoms with Crippen molar-refractivity contribution in [1.29, 1.82) is 0 Å². The summed E-state index contributed by atoms with van der Waals surface area (Å²) in [7, 11) is 2.87. The van der Waals surface area contributed by atoms with Crippen molar-refractivity contribution in [2.24, 2.45) is 5.73 Å². The number of nitrogens with zero attached hydrogens (tertiary/aromatic N) is 1. The molecule has 9 nitrogen and oxygen atoms in total. The van der Waals surface area contributed by atoms with Crippen LogP contribution in [0.25, 0.3) is 0 Å². The lowest BCUT2D eigenvalue weighted by molar-refractivity contribution is -0.120. The molecule has 2 aromatic rings. The van der Waals surface area contributed by atoms with Crippen molar-refractivity contribution >= 4 is 17.5 Å². The molecule has 3 N–H and O–H groups in total. The van der Waals surface area contributed by atoms with E-state index < -0.39 is 5.91 Å². The van der Waals surface area contributed by atoms with Crippen molar-refractivity contribution in [1.82, 2.24) is 4.90 Å². The fraction of sp³-hybridized carbons (Fsp3) is 0.391. The maximum atomic E-state index is 12.8. The number of nitrogens with one attached hydrogen (secondary N) is 1. The van der Waals surface area contributed by atoms with Gasteiger partial charge in [-0.15, -0.1) is 0 Å². The van der Waals surface area contributed by atoms with Gasteiger partial charge in [0, 0.05) is 30.9 Å². The first-order chi connectivity index (χ1) is 15.5. The molecule has 1 fully saturated rings. The first kappa shape index (κ1) is 23.4. The third-order valence-corrected chi connectivity index (χ3v) is 5.11. The Labute approximate surface area is 187 Å². The van der Waals surface area contributed by atoms with Gasteiger partial charge in [0.15, 0.2) is 18.1 Å². The van der Waals surface area contributed by atoms with E-state index in [-0.39, 0.29) is 29.8 Å². The standard InChI is InChI=1S/C23H29N3O6/c1-29-19-13-17(14-20(30-2)22(19)32-15-21(24)27)23(28)25-18-5-3-16(4-6-18)7-8-26-9-11-31-12-10-26/h3-6,13-14H,7-12,15H2,1-2H3,(H2,24,27)(H,25,28). The SMILES string of the molecule is COc1cc(C(=O)Nc2ccc(CCN3CCOCC3)cc2)cc(OC)c1OCC(N)=O. The number of carbonyl (C=O) groups excluding carboxylic acids is 2. The second-order valence-electron chi connectivity index (χ2n) is 7.32. The lowest BCUT2D eigenvalue weighted by Crippen LogP contribution is -2.37. The number of methoxy groups -OCH3 is 2. The van der Waals surface area contributed by atoms with Crippen LogP contribution in [0, 0.1) is 0 Å². The number of anilines is 1. The van der Waals surface area contributed by atoms with E-state index >= 15 is 0 Å². The van der Waals surface area contributed by atoms with Gasteiger partial charge in [0.25, 0.3) is 11.8 Å². The van der Waals surface area contributed by atoms with Crippen molar-refractivity contribution in [2.45, 2.75) is 6.42 Å². The van der Waals surface area contributed by atoms with Crippen molar-refractivity contribution in [3.05, 3.63) is 47.5 Å². The zero-order valence-corrected chi connectivity index (χ0v) is 18.4. The fourth-order valence-electron chi connectivity index (χ4n) is 3.37. The Kier molecular flexibility index (Phi) is 8.29. The first-order valence-corrected chi connectivity index (χ1v) is 10.4. The number of amides is 2. The molecule has 0 atom stereocenters. The summed E-state index contributed by atoms with van der Waals surface area (Å²) in [6.45, 7) is 4.16. The number of nitrogens with two attached hydrogens (primary N) is 1. The van der Waals surface area contributed by atoms with E-state index in [0.29, 0.717) is 11.3 Å². The smallest absolute Gasteiger partial charge is 0.255 e. The van der Waals surface area contributed by atoms with Gasteiger partial charge in [-0.3, -0.25) is 14.5 Å². The average molecular weight is 444 g/mol. The molecule has 0 spiro atoms. The highest BCUT2D eigenvalue weighted by Crippen LogP contribution is 2.38. The highest BCUT2D eigenvalue weighted by atomic mass is 16.5. The third kappa shape index (κ3) is 6.35. The fourth-order valence-corrected chi connectivity index (χ4v) is 3.37. The van der Waals surface area contributed by atoms with Crippen LogP contribution in [0.2, 0.25) is 0 Å². The van der Waals surface area contributed by atoms with E-state index in [0.717, 1.165) is 39.3 Å². The van der Waals surface area contributed by atoms with Crippen molar-refractivity contribution in [3.63, 3.8) is 0 Å². The molecule has 1 heterocycles. The molecule has 2 aromatic carbocycles. The highest BCUT2D eigenvalue weighted by molar-refractivity contribution is 6.05. The van der Waals surface area contributed by atoms with Gasteiger partial charge in [0.1, 0.15) is 0 Å². The number of benzene rings is 2. The molecule has 1 saturated heterocycles. The summed E-state index contributed by atoms with van der Waals surface area (Å²) in [5.41, 5.74) is 7.34. The zero-order chi connectivity index (χ0) is 22.9. The molecule has 1 aliphatic rings. The van der Waals surface area contributed by atoms with E-state index in [4.69, 9.17) is 24.7 Å². The maximum Gasteiger partial charge on any atom is 0.255 e. The molecule has 0 aromatic heterocycles. The van der Waals surface area contributed by atoms with Gasteiger partial charge in [-0.2, -0.15) is 0 Å². The van der Waals surface area contributed by atoms with Gasteiger partial charge in [0.2, 0.25) is 5.75 Å². The summed E-state index contributed by atoms with van der Waals surface area (Å²) in [6, 6.07) is 10.8. The molecular weight excluding hydrogens is 414 g/mol. The largest absolute Gasteiger partial charge is 0.493 e. The molecule has 32 heavy (non-hydrogen) atoms. The summed E-state index contributed by atoms with van der Waals surface area (Å²) < 4.78 is 21.4. The van der Waals surface area contributed by atoms with Crippen LogP contribution in [0.5, 0.6) is 17.2 Å². The Morgan fingerprint density at radius 2 is 1.69 bits per heavy atom. The van der Waals surface area contributed by atoms with Crippen LogP contribution in [0.4, 0.5) is 5.69 Å². The molecule has 0 radical (unpaired) electrons. The minimum atomic E-state index is -0.635. The van der Waals surface area contributed by atoms with Crippen LogP contribution in [0.15, 0.2) is 36.4 Å². The van der Waals surface area contributed by atoms with Crippen molar-refractivity contribution in [2.75, 3.05) is 59.0 Å². The Morgan fingerprint density at radius 3 is 2.25 bits per heavy atom. The van der Waals surface area contributed by atoms with E-state index in [9.17, 15) is 9.59 Å². The Balaban J connectivity index is 1.64. The lowest BCUT2D eigenvalue weighted by Gasteiger charge is -2.26. The van der Waals surface area contributed by atoms with Crippen molar-refractivity contribution < 1.29 is 28.5 Å². The number of primary amides is 1. The third-order valence-electron chi connectivity index (χ3n) is 5.11. The minimum absolute atomic E-state index is 0.204. The molecule has 3 rings (SSSR count). The van der Waals surface area contributed by atoms with Crippen LogP contribution >= 0.6 is 0 Å². The van der Waals surface area contributed by atoms with Crippen LogP contribution in [0.1, 0.15) is 15.9 Å². The van der Waals surface area contributed by atoms with Crippen molar-refractivity contribution in [3.8, 4) is 17.2 Å². The molecule has 9 heteroatoms. The second-order valence-corrected chi connectivity index (χ2v) is 7.32. The topological polar surface area (TPSA) is 112 Å². The number of ether oxygens (including phenoxy) is 4. The van der Waals surface area contributed by atoms with Gasteiger partial charge < -0.3 is 30.0 Å². The number of hydrogen-bond acceptors (Lipinski definition) is 7. The van der Waals surface area contributed by atoms with E-state index in [2.05, 4.69) is 10.2 Å². The minimum Gasteiger partial charge on any atom is -0.493 e. The molecular formula is C23H29N3O6. The Hall–Kier alpha value is -3.30. The number of hydrogen-bond donors (Lipinski definition) is 2. The van der Waals surface area contributed by atoms with Gasteiger partial charge in [0.05, 0.1) is 27.4 Å². The van der Waals surface area contributed by atoms with E-state index in [1.807, 2.05) is 24.3 Å². The molecule has 172 valence electrons. The van der Waals surface area contributed by atoms with Crippen LogP contribution < -0.4 is 25.3 Å². The Bertz CT molecular complexity index is 901. The summed E-state index contributed by atoms with van der Waals surface area (Å²) >= 11 is 0. The van der Waals surface area contributed by atoms with Crippen LogP contribution in [-0.4, -0.2) is 70.4 Å². The predicted molar refractivity (Wildman–Crippen MR) is 120 cm³/mol. The first-order valence-electron chi connectivity index (χ1n) is 10.4. The summed E-state index contributed by atoms with van der Waals surface area (Å²) in [6.07, 6.45) is 0.940. The molecule has 0 bridgehead atoms. The summed E-state index contributed by atoms with van der Waals surface area (Å²) in [5.74, 6) is -0.244. The predicted octanol–water partition coefficient (Wildman–Crippen LogP) is 1.69. The molecule has 2 amide bonds. The quantitative estimate of drug-likeness (QED) is 0.575. The number of morpholine rings is 1. The van der Waals surface area contributed by atoms with Crippen LogP contribution in [-0.2, 0) is 16.0 Å². The van der Waals surface area contributed by atoms with Gasteiger partial charge >= 0.3 is 0 Å². The summed E-state index contributed by atoms with van der Waals surface area (Å²) in [5, 5.41) is 2.87. The highest BCUT2D eigenvalue weighted by Gasteiger charge is 2.18. The molecule has 1 aliphatic heterocycles. The maximum absolute atomic E-state index is 12.8. The van der Waals surface area contributed by atoms with Gasteiger partial charge in [-0.25, -0.2) is 0 Å². The summed E-state index contributed by atoms with van der Waals surface area (Å²) in [4.78, 5) is 26.2. The molecule has 0 unspecified atom stereocenters. The second kappa shape index (κ2) is 11.4. The number of carbonyl (C=O) groups is 2. The molecule has 0 saturated carbocycles. The van der Waals surface area contributed by atoms with Gasteiger partial charge in [-0.05, 0) is 36.2 Å². The average Bonchev–Trinajstić information content (AvgIpc) is 2.82. The zero-order valence-electron chi connectivity index (χ0n) is 18.4. The van der Waals surface area contributed by atoms with Gasteiger partial charge in [-0.1, -0.05) is 12.1 Å². The molecule has 0 aliphatic carbocycles. The normalized spacial score (nSPS) is 13.9. The van der Waals surface area contributed by atoms with Crippen LogP contribution in [0.3, 0.4) is 0 Å². The van der Waals surface area contributed by atoms with E-state index in [1.165, 1.54) is 31.9 Å². The lowest BCUT2D eigenvalue weighted by atomic mass is 10.1. The Morgan fingerprint density at radius 1 is 1.06 bits per heavy atom.